The highest BCUT2D eigenvalue weighted by atomic mass is 28.3. The Morgan fingerprint density at radius 1 is 0.615 bits per heavy atom. The second-order valence-electron chi connectivity index (χ2n) is 28.8. The molecule has 0 aliphatic heterocycles. The van der Waals surface area contributed by atoms with Gasteiger partial charge >= 0.3 is 0 Å². The summed E-state index contributed by atoms with van der Waals surface area (Å²) in [5.74, 6) is 0.714. The minimum atomic E-state index is -1.38. The summed E-state index contributed by atoms with van der Waals surface area (Å²) in [4.78, 5) is 0. The van der Waals surface area contributed by atoms with Crippen molar-refractivity contribution in [2.75, 3.05) is 60.4 Å². The largest absolute Gasteiger partial charge is 0.392 e. The lowest BCUT2D eigenvalue weighted by Crippen LogP contribution is -2.61. The topological polar surface area (TPSA) is 113 Å². The van der Waals surface area contributed by atoms with Gasteiger partial charge in [0.1, 0.15) is 34.0 Å². The lowest BCUT2D eigenvalue weighted by Gasteiger charge is -2.54. The fourth-order valence-electron chi connectivity index (χ4n) is 15.6. The average Bonchev–Trinajstić information content (AvgIpc) is 2.08. The molecule has 5 saturated carbocycles. The zero-order valence-electron chi connectivity index (χ0n) is 50.4. The van der Waals surface area contributed by atoms with Gasteiger partial charge in [-0.2, -0.15) is 0 Å². The van der Waals surface area contributed by atoms with E-state index < -0.39 is 58.3 Å². The van der Waals surface area contributed by atoms with Crippen molar-refractivity contribution in [3.8, 4) is 0 Å². The van der Waals surface area contributed by atoms with Crippen molar-refractivity contribution in [3.05, 3.63) is 95.6 Å². The third-order valence-electron chi connectivity index (χ3n) is 19.6. The molecule has 2 aromatic rings. The third kappa shape index (κ3) is 14.0. The molecule has 5 fully saturated rings. The molecule has 0 unspecified atom stereocenters. The lowest BCUT2D eigenvalue weighted by molar-refractivity contribution is -0.245. The molecule has 0 radical (unpaired) electrons. The Hall–Kier alpha value is -1.87. The summed E-state index contributed by atoms with van der Waals surface area (Å²) in [6.07, 6.45) is 8.68. The van der Waals surface area contributed by atoms with Crippen molar-refractivity contribution in [3.63, 3.8) is 0 Å². The Labute approximate surface area is 474 Å². The Kier molecular flexibility index (Phi) is 21.0. The normalized spacial score (nSPS) is 32.8. The lowest BCUT2D eigenvalue weighted by atomic mass is 9.55. The molecule has 2 aromatic carbocycles. The molecule has 78 heavy (non-hydrogen) atoms. The minimum absolute atomic E-state index is 0.0146. The van der Waals surface area contributed by atoms with Crippen LogP contribution in [0.4, 0.5) is 0 Å². The maximum absolute atomic E-state index is 14.0. The first-order chi connectivity index (χ1) is 37.0. The van der Waals surface area contributed by atoms with E-state index in [9.17, 15) is 5.11 Å². The van der Waals surface area contributed by atoms with E-state index in [1.807, 2.05) is 36.4 Å². The van der Waals surface area contributed by atoms with Gasteiger partial charge in [0.25, 0.3) is 0 Å². The molecule has 6 aliphatic rings. The van der Waals surface area contributed by atoms with Crippen LogP contribution in [-0.2, 0) is 60.6 Å². The van der Waals surface area contributed by atoms with Crippen molar-refractivity contribution in [1.82, 2.24) is 0 Å². The second-order valence-corrected chi connectivity index (χ2v) is 45.6. The molecule has 2 bridgehead atoms. The van der Waals surface area contributed by atoms with Crippen LogP contribution >= 0.6 is 0 Å². The van der Waals surface area contributed by atoms with Crippen LogP contribution in [0.5, 0.6) is 0 Å². The molecule has 0 aromatic heterocycles. The summed E-state index contributed by atoms with van der Waals surface area (Å²) in [5, 5.41) is 14.0. The maximum atomic E-state index is 14.0. The monoisotopic (exact) mass is 1130 g/mol. The summed E-state index contributed by atoms with van der Waals surface area (Å²) in [6, 6.07) is 23.8. The molecule has 1 N–H and O–H groups in total. The van der Waals surface area contributed by atoms with Crippen LogP contribution < -0.4 is 0 Å². The number of aliphatic hydroxyl groups is 1. The molecule has 1 spiro atoms. The van der Waals surface area contributed by atoms with Gasteiger partial charge in [0.15, 0.2) is 0 Å². The molecular formula is C64H104O11Si3. The molecular weight excluding hydrogens is 1030 g/mol. The highest BCUT2D eigenvalue weighted by Gasteiger charge is 2.84. The third-order valence-corrected chi connectivity index (χ3v) is 24.7. The molecule has 14 heteroatoms. The van der Waals surface area contributed by atoms with Gasteiger partial charge in [-0.1, -0.05) is 143 Å². The number of benzene rings is 2. The van der Waals surface area contributed by atoms with Crippen LogP contribution in [0.3, 0.4) is 0 Å². The van der Waals surface area contributed by atoms with E-state index in [0.717, 1.165) is 86.2 Å². The predicted octanol–water partition coefficient (Wildman–Crippen LogP) is 14.0. The van der Waals surface area contributed by atoms with Crippen molar-refractivity contribution in [1.29, 1.82) is 0 Å². The predicted molar refractivity (Wildman–Crippen MR) is 319 cm³/mol. The summed E-state index contributed by atoms with van der Waals surface area (Å²) in [5.41, 5.74) is 2.33. The highest BCUT2D eigenvalue weighted by Crippen LogP contribution is 2.82. The van der Waals surface area contributed by atoms with E-state index >= 15 is 0 Å². The molecule has 0 amide bonds. The smallest absolute Gasteiger partial charge is 0.147 e. The van der Waals surface area contributed by atoms with Crippen LogP contribution in [0, 0.1) is 51.8 Å². The number of hydrogen-bond donors (Lipinski definition) is 1. The van der Waals surface area contributed by atoms with Gasteiger partial charge < -0.3 is 52.5 Å². The van der Waals surface area contributed by atoms with Gasteiger partial charge in [-0.3, -0.25) is 0 Å². The number of hydrogen-bond acceptors (Lipinski definition) is 11. The fourth-order valence-corrected chi connectivity index (χ4v) is 17.9. The van der Waals surface area contributed by atoms with Crippen molar-refractivity contribution >= 4 is 24.2 Å². The van der Waals surface area contributed by atoms with Gasteiger partial charge in [-0.05, 0) is 119 Å². The Morgan fingerprint density at radius 3 is 1.76 bits per heavy atom. The summed E-state index contributed by atoms with van der Waals surface area (Å²) in [7, 11) is -4.04. The van der Waals surface area contributed by atoms with E-state index in [2.05, 4.69) is 117 Å². The molecule has 438 valence electrons. The maximum Gasteiger partial charge on any atom is 0.147 e. The second kappa shape index (κ2) is 26.4. The first kappa shape index (κ1) is 62.2. The van der Waals surface area contributed by atoms with E-state index in [0.29, 0.717) is 39.6 Å². The Bertz CT molecular complexity index is 2230. The van der Waals surface area contributed by atoms with Gasteiger partial charge in [-0.15, -0.1) is 0 Å². The molecule has 8 rings (SSSR count). The first-order valence-electron chi connectivity index (χ1n) is 30.1. The van der Waals surface area contributed by atoms with E-state index in [1.54, 1.807) is 0 Å². The summed E-state index contributed by atoms with van der Waals surface area (Å²) < 4.78 is 67.7. The average molecular weight is 1130 g/mol. The van der Waals surface area contributed by atoms with Crippen molar-refractivity contribution in [2.24, 2.45) is 51.8 Å². The van der Waals surface area contributed by atoms with Crippen LogP contribution in [0.1, 0.15) is 83.3 Å². The summed E-state index contributed by atoms with van der Waals surface area (Å²) >= 11 is 0. The number of ether oxygens (including phenoxy) is 10. The van der Waals surface area contributed by atoms with Crippen molar-refractivity contribution in [2.45, 2.75) is 192 Å². The van der Waals surface area contributed by atoms with Crippen LogP contribution in [0.15, 0.2) is 84.5 Å². The minimum Gasteiger partial charge on any atom is -0.392 e. The van der Waals surface area contributed by atoms with Crippen LogP contribution in [-0.4, -0.2) is 120 Å². The highest BCUT2D eigenvalue weighted by molar-refractivity contribution is 6.76. The molecule has 13 atom stereocenters. The number of aliphatic hydroxyl groups excluding tert-OH is 1. The van der Waals surface area contributed by atoms with Gasteiger partial charge in [-0.25, -0.2) is 0 Å². The summed E-state index contributed by atoms with van der Waals surface area (Å²) in [6.45, 7) is 36.9. The van der Waals surface area contributed by atoms with Crippen molar-refractivity contribution < 1.29 is 52.5 Å². The number of fused-ring (bicyclic) bond motifs is 2. The van der Waals surface area contributed by atoms with Crippen LogP contribution in [0.25, 0.3) is 0 Å². The zero-order chi connectivity index (χ0) is 56.0. The SMILES string of the molecule is C=C(C)[C@@H]1CC[C@H]([C@@H]2CC[C@@H]3C2=C[C@]2(COCOCc4ccccc4)[C@H]4CC[C@@]2([C@H]3O)[C@@H](OCOCC[Si](C)(C)C)[C@]42CC[C@@H](C(C)(C)OCOCC[Si](C)(C)C)[C@@H]2OCOCC[Si](C)(C)C)[C@@H]1OCOCc1ccccc1. The molecule has 11 nitrogen and oxygen atoms in total. The van der Waals surface area contributed by atoms with Gasteiger partial charge in [0.2, 0.25) is 0 Å². The number of rotatable bonds is 32. The quantitative estimate of drug-likeness (QED) is 0.0327. The first-order valence-corrected chi connectivity index (χ1v) is 41.2. The molecule has 0 heterocycles. The fraction of sp³-hybridized carbons (Fsp3) is 0.750. The van der Waals surface area contributed by atoms with E-state index in [1.165, 1.54) is 5.57 Å². The molecule has 6 aliphatic carbocycles. The standard InChI is InChI=1S/C64H104O11Si3/c1-47(2)50-24-26-52(57(50)72-45-70-40-49-22-18-15-19-23-49)51-25-27-53-54(51)38-62(41-71-42-69-39-48-20-16-14-17-21-48)56-29-31-64(62,58(53)65)60(74-44-67-33-36-77(8,9)10)63(56)30-28-55(59(63)73-43-66-32-35-76(5,6)7)61(3,4)75-46-68-34-37-78(11,12)13/h14-23,38,50-53,55-60,65H,1,24-37,39-46H2,2-13H3/t50-,51-,52+,53+,55+,56+,57+,58-,59-,60-,62-,63+,64+/m0/s1. The van der Waals surface area contributed by atoms with E-state index in [-0.39, 0.29) is 81.7 Å². The zero-order valence-corrected chi connectivity index (χ0v) is 53.4. The Balaban J connectivity index is 1.18. The van der Waals surface area contributed by atoms with Gasteiger partial charge in [0.05, 0.1) is 49.8 Å². The molecule has 0 saturated heterocycles. The van der Waals surface area contributed by atoms with E-state index in [4.69, 9.17) is 47.4 Å². The van der Waals surface area contributed by atoms with Crippen LogP contribution in [0.2, 0.25) is 77.1 Å². The van der Waals surface area contributed by atoms with Gasteiger partial charge in [0, 0.05) is 78.0 Å². The Morgan fingerprint density at radius 2 is 1.17 bits per heavy atom.